The van der Waals surface area contributed by atoms with Crippen LogP contribution in [-0.4, -0.2) is 48.3 Å². The third-order valence-electron chi connectivity index (χ3n) is 3.90. The molecule has 2 aliphatic rings. The van der Waals surface area contributed by atoms with Gasteiger partial charge in [0, 0.05) is 6.54 Å². The molecule has 108 valence electrons. The van der Waals surface area contributed by atoms with Gasteiger partial charge in [-0.1, -0.05) is 6.07 Å². The Hall–Kier alpha value is -1.75. The number of hydrogen-bond acceptors (Lipinski definition) is 4. The second kappa shape index (κ2) is 5.71. The summed E-state index contributed by atoms with van der Waals surface area (Å²) in [5.74, 6) is 1.08. The fourth-order valence-corrected chi connectivity index (χ4v) is 2.85. The molecule has 0 aliphatic carbocycles. The highest BCUT2D eigenvalue weighted by atomic mass is 16.6. The zero-order valence-electron chi connectivity index (χ0n) is 11.4. The minimum absolute atomic E-state index is 0.0120. The number of carbonyl (C=O) groups is 1. The zero-order chi connectivity index (χ0) is 13.9. The predicted octanol–water partition coefficient (Wildman–Crippen LogP) is 1.44. The molecule has 20 heavy (non-hydrogen) atoms. The Morgan fingerprint density at radius 3 is 3.00 bits per heavy atom. The first kappa shape index (κ1) is 13.2. The van der Waals surface area contributed by atoms with Crippen LogP contribution >= 0.6 is 0 Å². The molecule has 0 spiro atoms. The number of para-hydroxylation sites is 1. The van der Waals surface area contributed by atoms with Gasteiger partial charge < -0.3 is 19.5 Å². The topological polar surface area (TPSA) is 59.0 Å². The van der Waals surface area contributed by atoms with Crippen molar-refractivity contribution < 1.29 is 19.4 Å². The Kier molecular flexibility index (Phi) is 3.78. The van der Waals surface area contributed by atoms with Gasteiger partial charge in [-0.2, -0.15) is 0 Å². The average molecular weight is 277 g/mol. The lowest BCUT2D eigenvalue weighted by atomic mass is 10.0. The van der Waals surface area contributed by atoms with E-state index < -0.39 is 0 Å². The Labute approximate surface area is 118 Å². The maximum atomic E-state index is 12.7. The lowest BCUT2D eigenvalue weighted by Crippen LogP contribution is -2.45. The van der Waals surface area contributed by atoms with Crippen LogP contribution in [0.2, 0.25) is 0 Å². The van der Waals surface area contributed by atoms with E-state index in [0.29, 0.717) is 36.8 Å². The molecule has 0 radical (unpaired) electrons. The Bertz CT molecular complexity index is 503. The van der Waals surface area contributed by atoms with Gasteiger partial charge >= 0.3 is 0 Å². The van der Waals surface area contributed by atoms with Gasteiger partial charge in [-0.3, -0.25) is 4.79 Å². The number of hydrogen-bond donors (Lipinski definition) is 1. The van der Waals surface area contributed by atoms with Gasteiger partial charge in [0.2, 0.25) is 0 Å². The summed E-state index contributed by atoms with van der Waals surface area (Å²) in [7, 11) is 0. The van der Waals surface area contributed by atoms with Crippen molar-refractivity contribution in [1.29, 1.82) is 0 Å². The van der Waals surface area contributed by atoms with Crippen molar-refractivity contribution in [1.82, 2.24) is 4.90 Å². The molecule has 2 aliphatic heterocycles. The highest BCUT2D eigenvalue weighted by Crippen LogP contribution is 2.35. The molecule has 1 unspecified atom stereocenters. The number of aliphatic hydroxyl groups excluding tert-OH is 1. The van der Waals surface area contributed by atoms with Gasteiger partial charge in [0.05, 0.1) is 18.2 Å². The van der Waals surface area contributed by atoms with Gasteiger partial charge in [-0.25, -0.2) is 0 Å². The van der Waals surface area contributed by atoms with E-state index in [9.17, 15) is 9.90 Å². The standard InChI is InChI=1S/C15H19NO4/c17-10-11-4-1-2-7-16(11)15(18)12-5-3-6-13-14(12)20-9-8-19-13/h3,5-6,11,17H,1-2,4,7-10H2. The number of rotatable bonds is 2. The molecule has 2 heterocycles. The molecule has 0 saturated carbocycles. The number of fused-ring (bicyclic) bond motifs is 1. The van der Waals surface area contributed by atoms with Crippen LogP contribution in [0.25, 0.3) is 0 Å². The maximum Gasteiger partial charge on any atom is 0.258 e. The van der Waals surface area contributed by atoms with Crippen molar-refractivity contribution in [2.24, 2.45) is 0 Å². The first-order valence-electron chi connectivity index (χ1n) is 7.11. The summed E-state index contributed by atoms with van der Waals surface area (Å²) in [5, 5.41) is 9.45. The molecule has 1 aromatic rings. The lowest BCUT2D eigenvalue weighted by Gasteiger charge is -2.35. The molecule has 1 N–H and O–H groups in total. The first-order valence-corrected chi connectivity index (χ1v) is 7.11. The second-order valence-electron chi connectivity index (χ2n) is 5.16. The molecule has 1 amide bonds. The van der Waals surface area contributed by atoms with Crippen molar-refractivity contribution >= 4 is 5.91 Å². The van der Waals surface area contributed by atoms with Crippen LogP contribution in [0.4, 0.5) is 0 Å². The van der Waals surface area contributed by atoms with Gasteiger partial charge in [0.25, 0.3) is 5.91 Å². The van der Waals surface area contributed by atoms with Crippen LogP contribution in [0.15, 0.2) is 18.2 Å². The van der Waals surface area contributed by atoms with Crippen LogP contribution in [0, 0.1) is 0 Å². The van der Waals surface area contributed by atoms with E-state index >= 15 is 0 Å². The number of nitrogens with zero attached hydrogens (tertiary/aromatic N) is 1. The Morgan fingerprint density at radius 2 is 2.15 bits per heavy atom. The molecule has 1 fully saturated rings. The molecule has 5 nitrogen and oxygen atoms in total. The Morgan fingerprint density at radius 1 is 1.30 bits per heavy atom. The number of aliphatic hydroxyl groups is 1. The molecule has 0 bridgehead atoms. The van der Waals surface area contributed by atoms with Gasteiger partial charge in [-0.05, 0) is 31.4 Å². The zero-order valence-corrected chi connectivity index (χ0v) is 11.4. The highest BCUT2D eigenvalue weighted by Gasteiger charge is 2.30. The minimum atomic E-state index is -0.0865. The molecule has 1 saturated heterocycles. The number of ether oxygens (including phenoxy) is 2. The summed E-state index contributed by atoms with van der Waals surface area (Å²) in [6.07, 6.45) is 2.89. The fourth-order valence-electron chi connectivity index (χ4n) is 2.85. The van der Waals surface area contributed by atoms with Gasteiger partial charge in [0.15, 0.2) is 11.5 Å². The van der Waals surface area contributed by atoms with Gasteiger partial charge in [-0.15, -0.1) is 0 Å². The van der Waals surface area contributed by atoms with Crippen molar-refractivity contribution in [3.63, 3.8) is 0 Å². The number of piperidine rings is 1. The number of benzene rings is 1. The summed E-state index contributed by atoms with van der Waals surface area (Å²) in [5.41, 5.74) is 0.530. The van der Waals surface area contributed by atoms with E-state index in [0.717, 1.165) is 19.3 Å². The summed E-state index contributed by atoms with van der Waals surface area (Å²) in [6.45, 7) is 1.67. The fraction of sp³-hybridized carbons (Fsp3) is 0.533. The van der Waals surface area contributed by atoms with Gasteiger partial charge in [0.1, 0.15) is 13.2 Å². The average Bonchev–Trinajstić information content (AvgIpc) is 2.53. The van der Waals surface area contributed by atoms with Crippen LogP contribution in [0.3, 0.4) is 0 Å². The SMILES string of the molecule is O=C(c1cccc2c1OCCO2)N1CCCCC1CO. The van der Waals surface area contributed by atoms with Crippen LogP contribution in [-0.2, 0) is 0 Å². The summed E-state index contributed by atoms with van der Waals surface area (Å²) in [6, 6.07) is 5.29. The molecule has 3 rings (SSSR count). The smallest absolute Gasteiger partial charge is 0.258 e. The van der Waals surface area contributed by atoms with Crippen molar-refractivity contribution in [3.05, 3.63) is 23.8 Å². The van der Waals surface area contributed by atoms with Crippen molar-refractivity contribution in [3.8, 4) is 11.5 Å². The monoisotopic (exact) mass is 277 g/mol. The normalized spacial score (nSPS) is 21.6. The highest BCUT2D eigenvalue weighted by molar-refractivity contribution is 5.98. The third kappa shape index (κ3) is 2.33. The molecule has 5 heteroatoms. The quantitative estimate of drug-likeness (QED) is 0.888. The first-order chi connectivity index (χ1) is 9.81. The summed E-state index contributed by atoms with van der Waals surface area (Å²) < 4.78 is 11.1. The minimum Gasteiger partial charge on any atom is -0.486 e. The molecular weight excluding hydrogens is 258 g/mol. The van der Waals surface area contributed by atoms with E-state index in [1.807, 2.05) is 6.07 Å². The lowest BCUT2D eigenvalue weighted by molar-refractivity contribution is 0.0495. The van der Waals surface area contributed by atoms with Crippen molar-refractivity contribution in [2.45, 2.75) is 25.3 Å². The van der Waals surface area contributed by atoms with Crippen LogP contribution in [0.5, 0.6) is 11.5 Å². The van der Waals surface area contributed by atoms with E-state index in [-0.39, 0.29) is 18.6 Å². The summed E-state index contributed by atoms with van der Waals surface area (Å²) >= 11 is 0. The number of likely N-dealkylation sites (tertiary alicyclic amines) is 1. The molecule has 1 atom stereocenters. The van der Waals surface area contributed by atoms with E-state index in [4.69, 9.17) is 9.47 Å². The molecular formula is C15H19NO4. The van der Waals surface area contributed by atoms with E-state index in [2.05, 4.69) is 0 Å². The number of amides is 1. The number of carbonyl (C=O) groups excluding carboxylic acids is 1. The molecule has 0 aromatic heterocycles. The van der Waals surface area contributed by atoms with Crippen molar-refractivity contribution in [2.75, 3.05) is 26.4 Å². The van der Waals surface area contributed by atoms with Crippen LogP contribution < -0.4 is 9.47 Å². The van der Waals surface area contributed by atoms with Crippen LogP contribution in [0.1, 0.15) is 29.6 Å². The molecule has 1 aromatic carbocycles. The summed E-state index contributed by atoms with van der Waals surface area (Å²) in [4.78, 5) is 14.5. The Balaban J connectivity index is 1.90. The van der Waals surface area contributed by atoms with E-state index in [1.165, 1.54) is 0 Å². The predicted molar refractivity (Wildman–Crippen MR) is 73.2 cm³/mol. The second-order valence-corrected chi connectivity index (χ2v) is 5.16. The largest absolute Gasteiger partial charge is 0.486 e. The maximum absolute atomic E-state index is 12.7. The van der Waals surface area contributed by atoms with E-state index in [1.54, 1.807) is 17.0 Å². The third-order valence-corrected chi connectivity index (χ3v) is 3.90.